The Bertz CT molecular complexity index is 1230. The number of ether oxygens (including phenoxy) is 2. The Morgan fingerprint density at radius 1 is 1.16 bits per heavy atom. The zero-order chi connectivity index (χ0) is 22.2. The zero-order valence-electron chi connectivity index (χ0n) is 16.8. The molecule has 3 heterocycles. The Kier molecular flexibility index (Phi) is 5.58. The number of hydrogen-bond donors (Lipinski definition) is 3. The Morgan fingerprint density at radius 3 is 2.65 bits per heavy atom. The van der Waals surface area contributed by atoms with Crippen molar-refractivity contribution in [3.63, 3.8) is 0 Å². The minimum Gasteiger partial charge on any atom is -0.486 e. The molecule has 11 nitrogen and oxygen atoms in total. The van der Waals surface area contributed by atoms with Crippen LogP contribution in [0, 0.1) is 12.8 Å². The fourth-order valence-corrected chi connectivity index (χ4v) is 5.50. The molecule has 1 aromatic heterocycles. The summed E-state index contributed by atoms with van der Waals surface area (Å²) in [6.07, 6.45) is 0.960. The van der Waals surface area contributed by atoms with Crippen molar-refractivity contribution >= 4 is 21.6 Å². The van der Waals surface area contributed by atoms with Gasteiger partial charge in [0.25, 0.3) is 5.56 Å². The van der Waals surface area contributed by atoms with Crippen molar-refractivity contribution in [1.29, 1.82) is 0 Å². The highest BCUT2D eigenvalue weighted by Crippen LogP contribution is 2.33. The van der Waals surface area contributed by atoms with E-state index in [9.17, 15) is 22.8 Å². The lowest BCUT2D eigenvalue weighted by Crippen LogP contribution is -2.45. The maximum Gasteiger partial charge on any atom is 0.325 e. The highest BCUT2D eigenvalue weighted by molar-refractivity contribution is 7.89. The summed E-state index contributed by atoms with van der Waals surface area (Å²) in [5.41, 5.74) is -1.29. The molecule has 3 N–H and O–H groups in total. The molecule has 31 heavy (non-hydrogen) atoms. The van der Waals surface area contributed by atoms with Crippen LogP contribution in [-0.4, -0.2) is 54.9 Å². The normalized spacial score (nSPS) is 19.1. The third-order valence-electron chi connectivity index (χ3n) is 5.24. The lowest BCUT2D eigenvalue weighted by atomic mass is 9.98. The van der Waals surface area contributed by atoms with Crippen LogP contribution in [0.25, 0.3) is 0 Å². The molecule has 0 spiro atoms. The summed E-state index contributed by atoms with van der Waals surface area (Å²) in [6, 6.07) is 5.05. The number of amides is 1. The molecule has 1 aromatic carbocycles. The van der Waals surface area contributed by atoms with E-state index in [-0.39, 0.29) is 24.7 Å². The number of anilines is 1. The summed E-state index contributed by atoms with van der Waals surface area (Å²) in [6.45, 7) is 2.33. The number of carbonyl (C=O) groups excluding carboxylic acids is 1. The van der Waals surface area contributed by atoms with Crippen molar-refractivity contribution < 1.29 is 22.7 Å². The van der Waals surface area contributed by atoms with E-state index in [0.29, 0.717) is 43.2 Å². The number of piperidine rings is 1. The van der Waals surface area contributed by atoms with Crippen LogP contribution in [0.5, 0.6) is 11.5 Å². The van der Waals surface area contributed by atoms with E-state index in [1.807, 2.05) is 4.98 Å². The van der Waals surface area contributed by atoms with Crippen molar-refractivity contribution in [2.24, 2.45) is 5.92 Å². The van der Waals surface area contributed by atoms with Gasteiger partial charge >= 0.3 is 5.69 Å². The fraction of sp³-hybridized carbons (Fsp3) is 0.421. The van der Waals surface area contributed by atoms with Gasteiger partial charge in [0.1, 0.15) is 13.2 Å². The molecular formula is C19H22N4O7S. The van der Waals surface area contributed by atoms with Gasteiger partial charge in [0.2, 0.25) is 15.9 Å². The maximum absolute atomic E-state index is 13.0. The first kappa shape index (κ1) is 21.1. The Morgan fingerprint density at radius 2 is 1.90 bits per heavy atom. The van der Waals surface area contributed by atoms with Crippen LogP contribution in [0.3, 0.4) is 0 Å². The van der Waals surface area contributed by atoms with Crippen LogP contribution in [0.1, 0.15) is 18.5 Å². The standard InChI is InChI=1S/C19H22N4O7S/c1-11-16(18(25)22-19(26)20-11)31(27,28)23-6-2-3-12(10-23)17(24)21-13-4-5-14-15(9-13)30-8-7-29-14/h4-5,9,12H,2-3,6-8,10H2,1H3,(H,21,24)(H2,20,22,25,26)/t12-/m0/s1. The number of aromatic nitrogens is 2. The highest BCUT2D eigenvalue weighted by Gasteiger charge is 2.36. The number of aromatic amines is 2. The molecule has 0 bridgehead atoms. The summed E-state index contributed by atoms with van der Waals surface area (Å²) in [4.78, 5) is 40.1. The molecular weight excluding hydrogens is 428 g/mol. The van der Waals surface area contributed by atoms with Gasteiger partial charge in [-0.15, -0.1) is 0 Å². The largest absolute Gasteiger partial charge is 0.486 e. The first-order chi connectivity index (χ1) is 14.8. The van der Waals surface area contributed by atoms with Gasteiger partial charge in [0.15, 0.2) is 16.4 Å². The lowest BCUT2D eigenvalue weighted by molar-refractivity contribution is -0.120. The molecule has 2 aliphatic heterocycles. The molecule has 1 amide bonds. The van der Waals surface area contributed by atoms with Crippen molar-refractivity contribution in [2.45, 2.75) is 24.7 Å². The molecule has 0 unspecified atom stereocenters. The Labute approximate surface area is 177 Å². The first-order valence-electron chi connectivity index (χ1n) is 9.79. The van der Waals surface area contributed by atoms with Crippen molar-refractivity contribution in [3.8, 4) is 11.5 Å². The zero-order valence-corrected chi connectivity index (χ0v) is 17.6. The smallest absolute Gasteiger partial charge is 0.325 e. The summed E-state index contributed by atoms with van der Waals surface area (Å²) < 4.78 is 38.2. The lowest BCUT2D eigenvalue weighted by Gasteiger charge is -2.31. The van der Waals surface area contributed by atoms with Gasteiger partial charge in [-0.05, 0) is 31.9 Å². The van der Waals surface area contributed by atoms with E-state index in [1.54, 1.807) is 18.2 Å². The van der Waals surface area contributed by atoms with Gasteiger partial charge in [-0.25, -0.2) is 13.2 Å². The summed E-state index contributed by atoms with van der Waals surface area (Å²) in [5, 5.41) is 2.79. The predicted molar refractivity (Wildman–Crippen MR) is 110 cm³/mol. The SMILES string of the molecule is Cc1[nH]c(=O)[nH]c(=O)c1S(=O)(=O)N1CCC[C@H](C(=O)Nc2ccc3c(c2)OCCO3)C1. The van der Waals surface area contributed by atoms with Crippen molar-refractivity contribution in [3.05, 3.63) is 44.7 Å². The highest BCUT2D eigenvalue weighted by atomic mass is 32.2. The first-order valence-corrected chi connectivity index (χ1v) is 11.2. The molecule has 1 saturated heterocycles. The minimum atomic E-state index is -4.19. The minimum absolute atomic E-state index is 0.0448. The van der Waals surface area contributed by atoms with E-state index < -0.39 is 32.1 Å². The van der Waals surface area contributed by atoms with Crippen LogP contribution >= 0.6 is 0 Å². The van der Waals surface area contributed by atoms with Gasteiger partial charge < -0.3 is 19.8 Å². The number of benzene rings is 1. The molecule has 12 heteroatoms. The van der Waals surface area contributed by atoms with Gasteiger partial charge in [0, 0.05) is 30.5 Å². The molecule has 4 rings (SSSR count). The van der Waals surface area contributed by atoms with E-state index in [0.717, 1.165) is 4.31 Å². The van der Waals surface area contributed by atoms with Crippen molar-refractivity contribution in [2.75, 3.05) is 31.6 Å². The number of nitrogens with zero attached hydrogens (tertiary/aromatic N) is 1. The van der Waals surface area contributed by atoms with E-state index >= 15 is 0 Å². The number of aryl methyl sites for hydroxylation is 1. The Balaban J connectivity index is 1.51. The summed E-state index contributed by atoms with van der Waals surface area (Å²) in [5.74, 6) is 0.202. The second kappa shape index (κ2) is 8.19. The molecule has 0 saturated carbocycles. The van der Waals surface area contributed by atoms with Gasteiger partial charge in [0.05, 0.1) is 5.92 Å². The van der Waals surface area contributed by atoms with Crippen LogP contribution in [0.4, 0.5) is 5.69 Å². The summed E-state index contributed by atoms with van der Waals surface area (Å²) >= 11 is 0. The average Bonchev–Trinajstić information content (AvgIpc) is 2.73. The monoisotopic (exact) mass is 450 g/mol. The molecule has 0 aliphatic carbocycles. The predicted octanol–water partition coefficient (Wildman–Crippen LogP) is 0.182. The number of hydrogen-bond acceptors (Lipinski definition) is 7. The number of sulfonamides is 1. The maximum atomic E-state index is 13.0. The van der Waals surface area contributed by atoms with Crippen LogP contribution < -0.4 is 26.0 Å². The molecule has 1 fully saturated rings. The second-order valence-corrected chi connectivity index (χ2v) is 9.29. The molecule has 0 radical (unpaired) electrons. The van der Waals surface area contributed by atoms with Gasteiger partial charge in [-0.3, -0.25) is 14.6 Å². The average molecular weight is 450 g/mol. The fourth-order valence-electron chi connectivity index (χ4n) is 3.77. The van der Waals surface area contributed by atoms with E-state index in [2.05, 4.69) is 10.3 Å². The molecule has 1 atom stereocenters. The number of rotatable bonds is 4. The van der Waals surface area contributed by atoms with E-state index in [4.69, 9.17) is 9.47 Å². The third kappa shape index (κ3) is 4.21. The molecule has 2 aliphatic rings. The quantitative estimate of drug-likeness (QED) is 0.601. The number of carbonyl (C=O) groups is 1. The van der Waals surface area contributed by atoms with Crippen LogP contribution in [-0.2, 0) is 14.8 Å². The van der Waals surface area contributed by atoms with Crippen molar-refractivity contribution in [1.82, 2.24) is 14.3 Å². The number of nitrogens with one attached hydrogen (secondary N) is 3. The Hall–Kier alpha value is -3.12. The molecule has 166 valence electrons. The second-order valence-electron chi connectivity index (χ2n) is 7.41. The topological polar surface area (TPSA) is 151 Å². The van der Waals surface area contributed by atoms with Crippen LogP contribution in [0.15, 0.2) is 32.7 Å². The molecule has 2 aromatic rings. The van der Waals surface area contributed by atoms with E-state index in [1.165, 1.54) is 6.92 Å². The number of fused-ring (bicyclic) bond motifs is 1. The van der Waals surface area contributed by atoms with Gasteiger partial charge in [-0.1, -0.05) is 0 Å². The third-order valence-corrected chi connectivity index (χ3v) is 7.26. The summed E-state index contributed by atoms with van der Waals surface area (Å²) in [7, 11) is -4.19. The van der Waals surface area contributed by atoms with Crippen LogP contribution in [0.2, 0.25) is 0 Å². The number of H-pyrrole nitrogens is 2. The van der Waals surface area contributed by atoms with Gasteiger partial charge in [-0.2, -0.15) is 4.31 Å².